The first-order chi connectivity index (χ1) is 7.22. The standard InChI is InChI=1S/C12H16O2S/c1-4-9-6-7-10(12(13)14-3)11(8-9)15-5-2/h6-8H,4-5H2,1-3H3. The minimum absolute atomic E-state index is 0.256. The first-order valence-electron chi connectivity index (χ1n) is 5.07. The van der Waals surface area contributed by atoms with Gasteiger partial charge in [0.2, 0.25) is 0 Å². The molecule has 0 spiro atoms. The number of carbonyl (C=O) groups is 1. The van der Waals surface area contributed by atoms with Crippen molar-refractivity contribution in [2.45, 2.75) is 25.2 Å². The molecule has 0 N–H and O–H groups in total. The second-order valence-electron chi connectivity index (χ2n) is 3.11. The smallest absolute Gasteiger partial charge is 0.338 e. The summed E-state index contributed by atoms with van der Waals surface area (Å²) in [4.78, 5) is 12.5. The molecule has 1 rings (SSSR count). The summed E-state index contributed by atoms with van der Waals surface area (Å²) in [5, 5.41) is 0. The van der Waals surface area contributed by atoms with E-state index in [9.17, 15) is 4.79 Å². The summed E-state index contributed by atoms with van der Waals surface area (Å²) >= 11 is 1.67. The molecule has 0 aliphatic carbocycles. The number of aryl methyl sites for hydroxylation is 1. The van der Waals surface area contributed by atoms with Gasteiger partial charge in [0.05, 0.1) is 12.7 Å². The molecular weight excluding hydrogens is 208 g/mol. The third kappa shape index (κ3) is 2.99. The van der Waals surface area contributed by atoms with E-state index in [0.717, 1.165) is 17.1 Å². The van der Waals surface area contributed by atoms with Gasteiger partial charge in [-0.15, -0.1) is 11.8 Å². The highest BCUT2D eigenvalue weighted by Crippen LogP contribution is 2.24. The number of esters is 1. The maximum atomic E-state index is 11.5. The molecule has 82 valence electrons. The highest BCUT2D eigenvalue weighted by Gasteiger charge is 2.11. The zero-order valence-electron chi connectivity index (χ0n) is 9.37. The van der Waals surface area contributed by atoms with Gasteiger partial charge in [-0.05, 0) is 29.9 Å². The molecule has 0 amide bonds. The van der Waals surface area contributed by atoms with E-state index in [1.54, 1.807) is 11.8 Å². The molecule has 0 fully saturated rings. The van der Waals surface area contributed by atoms with Gasteiger partial charge in [-0.3, -0.25) is 0 Å². The van der Waals surface area contributed by atoms with Crippen LogP contribution in [0.1, 0.15) is 29.8 Å². The van der Waals surface area contributed by atoms with Crippen molar-refractivity contribution in [2.24, 2.45) is 0 Å². The Bertz CT molecular complexity index is 347. The van der Waals surface area contributed by atoms with Gasteiger partial charge in [-0.2, -0.15) is 0 Å². The highest BCUT2D eigenvalue weighted by molar-refractivity contribution is 7.99. The Hall–Kier alpha value is -0.960. The fraction of sp³-hybridized carbons (Fsp3) is 0.417. The molecule has 0 heterocycles. The van der Waals surface area contributed by atoms with E-state index in [0.29, 0.717) is 5.56 Å². The minimum atomic E-state index is -0.256. The molecule has 0 unspecified atom stereocenters. The normalized spacial score (nSPS) is 10.1. The largest absolute Gasteiger partial charge is 0.465 e. The predicted molar refractivity (Wildman–Crippen MR) is 63.6 cm³/mol. The lowest BCUT2D eigenvalue weighted by Crippen LogP contribution is -2.03. The monoisotopic (exact) mass is 224 g/mol. The Morgan fingerprint density at radius 1 is 1.40 bits per heavy atom. The summed E-state index contributed by atoms with van der Waals surface area (Å²) < 4.78 is 4.74. The molecular formula is C12H16O2S. The van der Waals surface area contributed by atoms with Gasteiger partial charge >= 0.3 is 5.97 Å². The average molecular weight is 224 g/mol. The summed E-state index contributed by atoms with van der Waals surface area (Å²) in [5.74, 6) is 0.700. The van der Waals surface area contributed by atoms with Crippen LogP contribution < -0.4 is 0 Å². The number of thioether (sulfide) groups is 1. The van der Waals surface area contributed by atoms with Crippen molar-refractivity contribution in [1.29, 1.82) is 0 Å². The van der Waals surface area contributed by atoms with Crippen molar-refractivity contribution < 1.29 is 9.53 Å². The Morgan fingerprint density at radius 3 is 2.67 bits per heavy atom. The number of hydrogen-bond donors (Lipinski definition) is 0. The molecule has 0 aromatic heterocycles. The van der Waals surface area contributed by atoms with Crippen LogP contribution in [0.5, 0.6) is 0 Å². The Kier molecular flexibility index (Phi) is 4.69. The predicted octanol–water partition coefficient (Wildman–Crippen LogP) is 3.15. The molecule has 0 radical (unpaired) electrons. The number of methoxy groups -OCH3 is 1. The van der Waals surface area contributed by atoms with Crippen LogP contribution in [-0.4, -0.2) is 18.8 Å². The number of rotatable bonds is 4. The summed E-state index contributed by atoms with van der Waals surface area (Å²) in [7, 11) is 1.41. The van der Waals surface area contributed by atoms with Crippen molar-refractivity contribution in [3.8, 4) is 0 Å². The van der Waals surface area contributed by atoms with Crippen molar-refractivity contribution in [2.75, 3.05) is 12.9 Å². The van der Waals surface area contributed by atoms with Crippen LogP contribution in [0.2, 0.25) is 0 Å². The summed E-state index contributed by atoms with van der Waals surface area (Å²) in [5.41, 5.74) is 1.92. The van der Waals surface area contributed by atoms with Gasteiger partial charge in [-0.1, -0.05) is 19.9 Å². The lowest BCUT2D eigenvalue weighted by atomic mass is 10.1. The van der Waals surface area contributed by atoms with E-state index in [1.165, 1.54) is 12.7 Å². The molecule has 15 heavy (non-hydrogen) atoms. The van der Waals surface area contributed by atoms with Crippen LogP contribution in [0.3, 0.4) is 0 Å². The number of benzene rings is 1. The minimum Gasteiger partial charge on any atom is -0.465 e. The van der Waals surface area contributed by atoms with Gasteiger partial charge in [0.15, 0.2) is 0 Å². The fourth-order valence-electron chi connectivity index (χ4n) is 1.34. The van der Waals surface area contributed by atoms with E-state index in [4.69, 9.17) is 4.74 Å². The topological polar surface area (TPSA) is 26.3 Å². The second kappa shape index (κ2) is 5.81. The summed E-state index contributed by atoms with van der Waals surface area (Å²) in [6, 6.07) is 5.90. The summed E-state index contributed by atoms with van der Waals surface area (Å²) in [6.45, 7) is 4.18. The van der Waals surface area contributed by atoms with Gasteiger partial charge in [0.25, 0.3) is 0 Å². The molecule has 0 aliphatic heterocycles. The quantitative estimate of drug-likeness (QED) is 0.580. The van der Waals surface area contributed by atoms with Crippen LogP contribution >= 0.6 is 11.8 Å². The van der Waals surface area contributed by atoms with Crippen LogP contribution in [0.15, 0.2) is 23.1 Å². The second-order valence-corrected chi connectivity index (χ2v) is 4.41. The van der Waals surface area contributed by atoms with E-state index in [1.807, 2.05) is 12.1 Å². The molecule has 1 aromatic carbocycles. The van der Waals surface area contributed by atoms with Crippen LogP contribution in [0.25, 0.3) is 0 Å². The number of carbonyl (C=O) groups excluding carboxylic acids is 1. The van der Waals surface area contributed by atoms with Gasteiger partial charge in [-0.25, -0.2) is 4.79 Å². The van der Waals surface area contributed by atoms with Crippen LogP contribution in [0.4, 0.5) is 0 Å². The molecule has 0 bridgehead atoms. The Balaban J connectivity index is 3.08. The van der Waals surface area contributed by atoms with Crippen molar-refractivity contribution >= 4 is 17.7 Å². The van der Waals surface area contributed by atoms with E-state index < -0.39 is 0 Å². The molecule has 1 aromatic rings. The fourth-order valence-corrected chi connectivity index (χ4v) is 2.19. The highest BCUT2D eigenvalue weighted by atomic mass is 32.2. The lowest BCUT2D eigenvalue weighted by Gasteiger charge is -2.08. The maximum Gasteiger partial charge on any atom is 0.338 e. The van der Waals surface area contributed by atoms with Crippen LogP contribution in [0, 0.1) is 0 Å². The van der Waals surface area contributed by atoms with Gasteiger partial charge in [0, 0.05) is 4.90 Å². The van der Waals surface area contributed by atoms with Crippen molar-refractivity contribution in [3.63, 3.8) is 0 Å². The molecule has 0 aliphatic rings. The molecule has 0 atom stereocenters. The first-order valence-corrected chi connectivity index (χ1v) is 6.05. The van der Waals surface area contributed by atoms with Crippen molar-refractivity contribution in [1.82, 2.24) is 0 Å². The Labute approximate surface area is 95.0 Å². The zero-order chi connectivity index (χ0) is 11.3. The van der Waals surface area contributed by atoms with Gasteiger partial charge in [0.1, 0.15) is 0 Å². The average Bonchev–Trinajstić information content (AvgIpc) is 2.28. The molecule has 3 heteroatoms. The zero-order valence-corrected chi connectivity index (χ0v) is 10.2. The molecule has 2 nitrogen and oxygen atoms in total. The molecule has 0 saturated carbocycles. The first kappa shape index (κ1) is 12.1. The number of hydrogen-bond acceptors (Lipinski definition) is 3. The Morgan fingerprint density at radius 2 is 2.13 bits per heavy atom. The summed E-state index contributed by atoms with van der Waals surface area (Å²) in [6.07, 6.45) is 0.985. The van der Waals surface area contributed by atoms with E-state index in [2.05, 4.69) is 19.9 Å². The lowest BCUT2D eigenvalue weighted by molar-refractivity contribution is 0.0597. The SMILES string of the molecule is CCSc1cc(CC)ccc1C(=O)OC. The van der Waals surface area contributed by atoms with Crippen LogP contribution in [-0.2, 0) is 11.2 Å². The molecule has 0 saturated heterocycles. The maximum absolute atomic E-state index is 11.5. The van der Waals surface area contributed by atoms with E-state index in [-0.39, 0.29) is 5.97 Å². The third-order valence-corrected chi connectivity index (χ3v) is 3.10. The van der Waals surface area contributed by atoms with E-state index >= 15 is 0 Å². The third-order valence-electron chi connectivity index (χ3n) is 2.16. The van der Waals surface area contributed by atoms with Crippen molar-refractivity contribution in [3.05, 3.63) is 29.3 Å². The van der Waals surface area contributed by atoms with Gasteiger partial charge < -0.3 is 4.74 Å². The number of ether oxygens (including phenoxy) is 1.